The van der Waals surface area contributed by atoms with E-state index >= 15 is 0 Å². The van der Waals surface area contributed by atoms with Crippen LogP contribution in [-0.2, 0) is 23.9 Å². The molecule has 0 N–H and O–H groups in total. The van der Waals surface area contributed by atoms with E-state index in [2.05, 4.69) is 0 Å². The summed E-state index contributed by atoms with van der Waals surface area (Å²) >= 11 is 0. The molecule has 2 aliphatic rings. The predicted molar refractivity (Wildman–Crippen MR) is 66.2 cm³/mol. The zero-order valence-electron chi connectivity index (χ0n) is 11.4. The zero-order valence-corrected chi connectivity index (χ0v) is 11.4. The molecule has 0 aromatic rings. The summed E-state index contributed by atoms with van der Waals surface area (Å²) in [6.07, 6.45) is 2.46. The van der Waals surface area contributed by atoms with Crippen molar-refractivity contribution in [3.63, 3.8) is 0 Å². The second kappa shape index (κ2) is 5.31. The molecule has 0 bridgehead atoms. The molecular formula is C14H20O5. The van der Waals surface area contributed by atoms with E-state index in [4.69, 9.17) is 9.47 Å². The highest BCUT2D eigenvalue weighted by atomic mass is 16.6. The maximum atomic E-state index is 11.7. The third kappa shape index (κ3) is 2.96. The first-order valence-corrected chi connectivity index (χ1v) is 6.84. The van der Waals surface area contributed by atoms with Gasteiger partial charge in [0.15, 0.2) is 0 Å². The van der Waals surface area contributed by atoms with Gasteiger partial charge in [-0.3, -0.25) is 14.4 Å². The topological polar surface area (TPSA) is 69.7 Å². The summed E-state index contributed by atoms with van der Waals surface area (Å²) in [5.41, 5.74) is -0.509. The number of ether oxygens (including phenoxy) is 2. The lowest BCUT2D eigenvalue weighted by molar-refractivity contribution is -0.148. The first kappa shape index (κ1) is 14.0. The van der Waals surface area contributed by atoms with Gasteiger partial charge in [-0.15, -0.1) is 0 Å². The third-order valence-corrected chi connectivity index (χ3v) is 4.17. The number of hydrogen-bond acceptors (Lipinski definition) is 5. The number of Topliss-reactive ketones (excluding diaryl/α,β-unsaturated/α-hetero) is 1. The average Bonchev–Trinajstić information content (AvgIpc) is 2.84. The lowest BCUT2D eigenvalue weighted by Crippen LogP contribution is -2.25. The average molecular weight is 268 g/mol. The van der Waals surface area contributed by atoms with Gasteiger partial charge in [0.25, 0.3) is 0 Å². The Balaban J connectivity index is 2.06. The van der Waals surface area contributed by atoms with Crippen molar-refractivity contribution in [3.05, 3.63) is 0 Å². The Morgan fingerprint density at radius 2 is 2.16 bits per heavy atom. The molecule has 5 heteroatoms. The highest BCUT2D eigenvalue weighted by Gasteiger charge is 2.52. The molecule has 1 aliphatic carbocycles. The Morgan fingerprint density at radius 3 is 2.68 bits per heavy atom. The Kier molecular flexibility index (Phi) is 3.92. The molecule has 0 amide bonds. The van der Waals surface area contributed by atoms with Crippen molar-refractivity contribution in [2.24, 2.45) is 11.8 Å². The molecule has 5 nitrogen and oxygen atoms in total. The second-order valence-corrected chi connectivity index (χ2v) is 5.55. The molecule has 1 saturated heterocycles. The van der Waals surface area contributed by atoms with Crippen molar-refractivity contribution in [1.29, 1.82) is 0 Å². The largest absolute Gasteiger partial charge is 0.466 e. The maximum Gasteiger partial charge on any atom is 0.306 e. The quantitative estimate of drug-likeness (QED) is 0.725. The van der Waals surface area contributed by atoms with Crippen LogP contribution in [0.2, 0.25) is 0 Å². The van der Waals surface area contributed by atoms with Crippen molar-refractivity contribution in [2.75, 3.05) is 6.61 Å². The number of rotatable bonds is 4. The molecule has 0 radical (unpaired) electrons. The molecular weight excluding hydrogens is 248 g/mol. The third-order valence-electron chi connectivity index (χ3n) is 4.17. The van der Waals surface area contributed by atoms with E-state index in [9.17, 15) is 14.4 Å². The van der Waals surface area contributed by atoms with Crippen molar-refractivity contribution in [2.45, 2.75) is 51.6 Å². The van der Waals surface area contributed by atoms with Crippen LogP contribution in [0.1, 0.15) is 46.0 Å². The van der Waals surface area contributed by atoms with Crippen LogP contribution < -0.4 is 0 Å². The SMILES string of the molecule is CCOC(=O)C[C@H]1C[C@@]2(CCC(=O)O2)C[C@@H]1C(C)=O. The Morgan fingerprint density at radius 1 is 1.42 bits per heavy atom. The van der Waals surface area contributed by atoms with Crippen LogP contribution in [0.3, 0.4) is 0 Å². The standard InChI is InChI=1S/C14H20O5/c1-3-18-13(17)6-10-7-14(5-4-12(16)19-14)8-11(10)9(2)15/h10-11H,3-8H2,1-2H3/t10-,11+,14-/m0/s1. The summed E-state index contributed by atoms with van der Waals surface area (Å²) in [6, 6.07) is 0. The molecule has 0 unspecified atom stereocenters. The summed E-state index contributed by atoms with van der Waals surface area (Å²) < 4.78 is 10.4. The van der Waals surface area contributed by atoms with Gasteiger partial charge in [0.2, 0.25) is 0 Å². The predicted octanol–water partition coefficient (Wildman–Crippen LogP) is 1.63. The van der Waals surface area contributed by atoms with Crippen molar-refractivity contribution in [1.82, 2.24) is 0 Å². The number of ketones is 1. The van der Waals surface area contributed by atoms with Crippen molar-refractivity contribution < 1.29 is 23.9 Å². The van der Waals surface area contributed by atoms with Crippen LogP contribution in [0.15, 0.2) is 0 Å². The monoisotopic (exact) mass is 268 g/mol. The molecule has 2 fully saturated rings. The summed E-state index contributed by atoms with van der Waals surface area (Å²) in [6.45, 7) is 3.64. The highest BCUT2D eigenvalue weighted by Crippen LogP contribution is 2.49. The van der Waals surface area contributed by atoms with Gasteiger partial charge in [0, 0.05) is 18.8 Å². The van der Waals surface area contributed by atoms with Gasteiger partial charge >= 0.3 is 11.9 Å². The minimum absolute atomic E-state index is 0.0640. The van der Waals surface area contributed by atoms with Crippen LogP contribution in [0, 0.1) is 11.8 Å². The molecule has 0 aromatic heterocycles. The van der Waals surface area contributed by atoms with Gasteiger partial charge in [0.1, 0.15) is 11.4 Å². The molecule has 1 heterocycles. The van der Waals surface area contributed by atoms with E-state index in [1.165, 1.54) is 0 Å². The molecule has 1 aliphatic heterocycles. The number of carbonyl (C=O) groups is 3. The maximum absolute atomic E-state index is 11.7. The minimum atomic E-state index is -0.509. The van der Waals surface area contributed by atoms with E-state index in [0.29, 0.717) is 32.3 Å². The van der Waals surface area contributed by atoms with Gasteiger partial charge in [-0.1, -0.05) is 0 Å². The van der Waals surface area contributed by atoms with Gasteiger partial charge in [-0.05, 0) is 39.0 Å². The van der Waals surface area contributed by atoms with Gasteiger partial charge in [-0.2, -0.15) is 0 Å². The van der Waals surface area contributed by atoms with E-state index in [1.807, 2.05) is 0 Å². The fourth-order valence-electron chi connectivity index (χ4n) is 3.36. The van der Waals surface area contributed by atoms with E-state index < -0.39 is 5.60 Å². The first-order chi connectivity index (χ1) is 8.96. The Bertz CT molecular complexity index is 403. The second-order valence-electron chi connectivity index (χ2n) is 5.55. The number of hydrogen-bond donors (Lipinski definition) is 0. The van der Waals surface area contributed by atoms with Crippen LogP contribution >= 0.6 is 0 Å². The molecule has 19 heavy (non-hydrogen) atoms. The summed E-state index contributed by atoms with van der Waals surface area (Å²) in [5.74, 6) is -0.675. The zero-order chi connectivity index (χ0) is 14.0. The summed E-state index contributed by atoms with van der Waals surface area (Å²) in [5, 5.41) is 0. The molecule has 0 aromatic carbocycles. The molecule has 106 valence electrons. The smallest absolute Gasteiger partial charge is 0.306 e. The van der Waals surface area contributed by atoms with Gasteiger partial charge in [0.05, 0.1) is 6.61 Å². The fraction of sp³-hybridized carbons (Fsp3) is 0.786. The van der Waals surface area contributed by atoms with Crippen LogP contribution in [-0.4, -0.2) is 29.9 Å². The lowest BCUT2D eigenvalue weighted by Gasteiger charge is -2.21. The Labute approximate surface area is 112 Å². The Hall–Kier alpha value is -1.39. The summed E-state index contributed by atoms with van der Waals surface area (Å²) in [7, 11) is 0. The van der Waals surface area contributed by atoms with E-state index in [1.54, 1.807) is 13.8 Å². The van der Waals surface area contributed by atoms with Crippen molar-refractivity contribution >= 4 is 17.7 Å². The highest BCUT2D eigenvalue weighted by molar-refractivity contribution is 5.81. The van der Waals surface area contributed by atoms with Gasteiger partial charge in [-0.25, -0.2) is 0 Å². The van der Waals surface area contributed by atoms with Crippen molar-refractivity contribution in [3.8, 4) is 0 Å². The molecule has 1 saturated carbocycles. The molecule has 3 atom stereocenters. The summed E-state index contributed by atoms with van der Waals surface area (Å²) in [4.78, 5) is 34.6. The fourth-order valence-corrected chi connectivity index (χ4v) is 3.36. The van der Waals surface area contributed by atoms with Crippen LogP contribution in [0.4, 0.5) is 0 Å². The van der Waals surface area contributed by atoms with Crippen LogP contribution in [0.5, 0.6) is 0 Å². The number of carbonyl (C=O) groups excluding carboxylic acids is 3. The lowest BCUT2D eigenvalue weighted by atomic mass is 9.90. The van der Waals surface area contributed by atoms with E-state index in [-0.39, 0.29) is 36.0 Å². The molecule has 2 rings (SSSR count). The minimum Gasteiger partial charge on any atom is -0.466 e. The van der Waals surface area contributed by atoms with Crippen LogP contribution in [0.25, 0.3) is 0 Å². The first-order valence-electron chi connectivity index (χ1n) is 6.84. The molecule has 1 spiro atoms. The normalized spacial score (nSPS) is 33.5. The number of esters is 2. The van der Waals surface area contributed by atoms with E-state index in [0.717, 1.165) is 0 Å². The van der Waals surface area contributed by atoms with Gasteiger partial charge < -0.3 is 9.47 Å².